The van der Waals surface area contributed by atoms with Crippen molar-refractivity contribution < 1.29 is 14.3 Å². The fraction of sp³-hybridized carbons (Fsp3) is 0.235. The van der Waals surface area contributed by atoms with Gasteiger partial charge < -0.3 is 14.8 Å². The highest BCUT2D eigenvalue weighted by molar-refractivity contribution is 8.01. The number of carbonyl (C=O) groups excluding carboxylic acids is 1. The molecule has 0 aromatic heterocycles. The van der Waals surface area contributed by atoms with Gasteiger partial charge in [-0.25, -0.2) is 10.0 Å². The van der Waals surface area contributed by atoms with Gasteiger partial charge in [0, 0.05) is 22.0 Å². The molecule has 1 heterocycles. The number of para-hydroxylation sites is 1. The van der Waals surface area contributed by atoms with E-state index in [-0.39, 0.29) is 28.4 Å². The normalized spacial score (nSPS) is 16.1. The van der Waals surface area contributed by atoms with E-state index in [0.29, 0.717) is 28.0 Å². The van der Waals surface area contributed by atoms with Gasteiger partial charge in [0.25, 0.3) is 5.91 Å². The molecule has 2 N–H and O–H groups in total. The van der Waals surface area contributed by atoms with Gasteiger partial charge >= 0.3 is 0 Å². The molecule has 0 radical (unpaired) electrons. The number of hydrogen-bond acceptors (Lipinski definition) is 6. The Morgan fingerprint density at radius 3 is 2.35 bits per heavy atom. The molecule has 5 rings (SSSR count). The molecule has 4 aromatic carbocycles. The van der Waals surface area contributed by atoms with Crippen LogP contribution in [0.1, 0.15) is 30.0 Å². The largest absolute Gasteiger partial charge is 0.465 e. The Labute approximate surface area is 293 Å². The summed E-state index contributed by atoms with van der Waals surface area (Å²) in [6.07, 6.45) is 0.204. The predicted molar refractivity (Wildman–Crippen MR) is 192 cm³/mol. The van der Waals surface area contributed by atoms with Gasteiger partial charge in [-0.2, -0.15) is 0 Å². The number of nitrogens with one attached hydrogen (secondary N) is 2. The molecule has 0 spiro atoms. The number of hydrazine groups is 1. The Hall–Kier alpha value is -3.11. The molecule has 1 aliphatic heterocycles. The number of aliphatic imine (C=N–C) groups is 1. The second kappa shape index (κ2) is 15.2. The van der Waals surface area contributed by atoms with E-state index < -0.39 is 11.5 Å². The minimum absolute atomic E-state index is 0.180. The van der Waals surface area contributed by atoms with E-state index in [1.807, 2.05) is 76.2 Å². The highest BCUT2D eigenvalue weighted by atomic mass is 35.5. The van der Waals surface area contributed by atoms with Gasteiger partial charge in [-0.1, -0.05) is 89.2 Å². The van der Waals surface area contributed by atoms with Crippen molar-refractivity contribution in [3.8, 4) is 5.75 Å². The first kappa shape index (κ1) is 34.2. The van der Waals surface area contributed by atoms with Gasteiger partial charge in [0.15, 0.2) is 0 Å². The molecule has 0 aliphatic carbocycles. The zero-order valence-electron chi connectivity index (χ0n) is 25.5. The maximum Gasteiger partial charge on any atom is 0.267 e. The standard InChI is InChI=1S/C34H32Cl4N4O3S/c1-5-30(45-28-13-11-19(2)14-21(28)4)44-18-39-26-8-6-7-9-29(26)46-32-33(40-27-15-20(3)10-12-23(27)36)41-42(34(32)43)31-24(37)16-22(35)17-25(31)38/h6-17,30,32,39H,5,18H2,1-4H3,(H,40,41). The molecule has 0 bridgehead atoms. The predicted octanol–water partition coefficient (Wildman–Crippen LogP) is 10.2. The average molecular weight is 719 g/mol. The van der Waals surface area contributed by atoms with Crippen LogP contribution in [-0.2, 0) is 9.53 Å². The van der Waals surface area contributed by atoms with E-state index in [0.717, 1.165) is 27.5 Å². The summed E-state index contributed by atoms with van der Waals surface area (Å²) in [4.78, 5) is 19.6. The third-order valence-corrected chi connectivity index (χ3v) is 9.44. The van der Waals surface area contributed by atoms with Crippen LogP contribution in [0.3, 0.4) is 0 Å². The lowest BCUT2D eigenvalue weighted by Gasteiger charge is -2.21. The van der Waals surface area contributed by atoms with Crippen LogP contribution in [0, 0.1) is 20.8 Å². The summed E-state index contributed by atoms with van der Waals surface area (Å²) in [6, 6.07) is 22.3. The third-order valence-electron chi connectivity index (χ3n) is 7.05. The SMILES string of the molecule is CCC(OCNc1ccccc1SC1C(=O)N(c2c(Cl)cc(Cl)cc2Cl)NC1=Nc1cc(C)ccc1Cl)Oc1ccc(C)cc1C. The summed E-state index contributed by atoms with van der Waals surface area (Å²) in [6.45, 7) is 8.19. The third kappa shape index (κ3) is 8.05. The fourth-order valence-corrected chi connectivity index (χ4v) is 7.02. The van der Waals surface area contributed by atoms with E-state index in [4.69, 9.17) is 60.9 Å². The molecule has 2 unspecified atom stereocenters. The number of amides is 1. The summed E-state index contributed by atoms with van der Waals surface area (Å²) in [5, 5.41) is 5.07. The second-order valence-electron chi connectivity index (χ2n) is 10.7. The van der Waals surface area contributed by atoms with Gasteiger partial charge in [-0.15, -0.1) is 11.8 Å². The Kier molecular flexibility index (Phi) is 11.3. The molecule has 0 saturated carbocycles. The topological polar surface area (TPSA) is 75.2 Å². The zero-order chi connectivity index (χ0) is 33.0. The van der Waals surface area contributed by atoms with Crippen LogP contribution in [0.5, 0.6) is 5.75 Å². The zero-order valence-corrected chi connectivity index (χ0v) is 29.4. The fourth-order valence-electron chi connectivity index (χ4n) is 4.77. The van der Waals surface area contributed by atoms with Gasteiger partial charge in [-0.3, -0.25) is 10.2 Å². The van der Waals surface area contributed by atoms with Crippen LogP contribution in [0.2, 0.25) is 20.1 Å². The van der Waals surface area contributed by atoms with Gasteiger partial charge in [0.2, 0.25) is 6.29 Å². The van der Waals surface area contributed by atoms with Crippen molar-refractivity contribution in [2.45, 2.75) is 50.6 Å². The highest BCUT2D eigenvalue weighted by Gasteiger charge is 2.41. The summed E-state index contributed by atoms with van der Waals surface area (Å²) >= 11 is 27.0. The maximum atomic E-state index is 14.0. The average Bonchev–Trinajstić information content (AvgIpc) is 3.29. The molecule has 1 aliphatic rings. The number of amidine groups is 1. The van der Waals surface area contributed by atoms with Crippen molar-refractivity contribution in [1.82, 2.24) is 5.43 Å². The molecular formula is C34H32Cl4N4O3S. The Bertz CT molecular complexity index is 1760. The van der Waals surface area contributed by atoms with Gasteiger partial charge in [0.1, 0.15) is 29.3 Å². The lowest BCUT2D eigenvalue weighted by atomic mass is 10.1. The Morgan fingerprint density at radius 1 is 0.935 bits per heavy atom. The lowest BCUT2D eigenvalue weighted by Crippen LogP contribution is -2.36. The van der Waals surface area contributed by atoms with Gasteiger partial charge in [-0.05, 0) is 74.4 Å². The minimum atomic E-state index is -0.792. The number of carbonyl (C=O) groups is 1. The number of ether oxygens (including phenoxy) is 2. The van der Waals surface area contributed by atoms with Crippen LogP contribution in [0.4, 0.5) is 17.1 Å². The number of nitrogens with zero attached hydrogens (tertiary/aromatic N) is 2. The highest BCUT2D eigenvalue weighted by Crippen LogP contribution is 2.41. The van der Waals surface area contributed by atoms with Crippen LogP contribution < -0.4 is 20.5 Å². The molecule has 12 heteroatoms. The number of aryl methyl sites for hydroxylation is 3. The summed E-state index contributed by atoms with van der Waals surface area (Å²) in [5.74, 6) is 0.827. The first-order chi connectivity index (χ1) is 22.0. The number of hydrogen-bond donors (Lipinski definition) is 2. The summed E-state index contributed by atoms with van der Waals surface area (Å²) < 4.78 is 12.2. The Balaban J connectivity index is 1.39. The Morgan fingerprint density at radius 2 is 1.63 bits per heavy atom. The van der Waals surface area contributed by atoms with E-state index in [2.05, 4.69) is 16.8 Å². The van der Waals surface area contributed by atoms with Crippen LogP contribution in [0.25, 0.3) is 0 Å². The second-order valence-corrected chi connectivity index (χ2v) is 13.5. The summed E-state index contributed by atoms with van der Waals surface area (Å²) in [7, 11) is 0. The number of thioether (sulfide) groups is 1. The van der Waals surface area contributed by atoms with Crippen molar-refractivity contribution in [2.24, 2.45) is 4.99 Å². The number of anilines is 2. The van der Waals surface area contributed by atoms with E-state index in [1.54, 1.807) is 6.07 Å². The maximum absolute atomic E-state index is 14.0. The number of benzene rings is 4. The molecule has 240 valence electrons. The van der Waals surface area contributed by atoms with Crippen molar-refractivity contribution in [1.29, 1.82) is 0 Å². The molecular weight excluding hydrogens is 686 g/mol. The minimum Gasteiger partial charge on any atom is -0.465 e. The van der Waals surface area contributed by atoms with E-state index >= 15 is 0 Å². The van der Waals surface area contributed by atoms with Crippen molar-refractivity contribution >= 4 is 87.0 Å². The summed E-state index contributed by atoms with van der Waals surface area (Å²) in [5.41, 5.74) is 7.88. The first-order valence-corrected chi connectivity index (χ1v) is 16.9. The molecule has 7 nitrogen and oxygen atoms in total. The van der Waals surface area contributed by atoms with Crippen LogP contribution in [-0.4, -0.2) is 30.0 Å². The number of halogens is 4. The van der Waals surface area contributed by atoms with E-state index in [9.17, 15) is 4.79 Å². The molecule has 46 heavy (non-hydrogen) atoms. The van der Waals surface area contributed by atoms with Crippen molar-refractivity contribution in [3.05, 3.63) is 110 Å². The molecule has 1 amide bonds. The van der Waals surface area contributed by atoms with Crippen LogP contribution >= 0.6 is 58.2 Å². The lowest BCUT2D eigenvalue weighted by molar-refractivity contribution is -0.116. The molecule has 4 aromatic rings. The van der Waals surface area contributed by atoms with Crippen LogP contribution in [0.15, 0.2) is 82.7 Å². The smallest absolute Gasteiger partial charge is 0.267 e. The molecule has 2 atom stereocenters. The van der Waals surface area contributed by atoms with Crippen molar-refractivity contribution in [3.63, 3.8) is 0 Å². The van der Waals surface area contributed by atoms with Gasteiger partial charge in [0.05, 0.1) is 20.8 Å². The quantitative estimate of drug-likeness (QED) is 0.151. The first-order valence-electron chi connectivity index (χ1n) is 14.5. The monoisotopic (exact) mass is 716 g/mol. The number of rotatable bonds is 11. The molecule has 1 saturated heterocycles. The van der Waals surface area contributed by atoms with Crippen molar-refractivity contribution in [2.75, 3.05) is 17.1 Å². The molecule has 1 fully saturated rings. The van der Waals surface area contributed by atoms with E-state index in [1.165, 1.54) is 34.5 Å².